The lowest BCUT2D eigenvalue weighted by atomic mass is 9.72. The van der Waals surface area contributed by atoms with Gasteiger partial charge in [-0.2, -0.15) is 0 Å². The molecule has 0 radical (unpaired) electrons. The first kappa shape index (κ1) is 40.8. The Hall–Kier alpha value is -1.20. The molecule has 0 aliphatic rings. The molecule has 4 N–H and O–H groups in total. The number of rotatable bonds is 20. The summed E-state index contributed by atoms with van der Waals surface area (Å²) in [6, 6.07) is 3.76. The number of hydrogen-bond acceptors (Lipinski definition) is 6. The molecule has 0 bridgehead atoms. The van der Waals surface area contributed by atoms with E-state index in [0.29, 0.717) is 25.2 Å². The van der Waals surface area contributed by atoms with E-state index in [0.717, 1.165) is 29.5 Å². The Labute approximate surface area is 259 Å². The molecular weight excluding hydrogens is 547 g/mol. The molecule has 0 spiro atoms. The van der Waals surface area contributed by atoms with Crippen LogP contribution in [0.15, 0.2) is 12.1 Å². The van der Waals surface area contributed by atoms with E-state index in [1.807, 2.05) is 6.07 Å². The molecule has 0 aliphatic heterocycles. The first-order valence-electron chi connectivity index (χ1n) is 16.6. The maximum atomic E-state index is 12.4. The van der Waals surface area contributed by atoms with Crippen molar-refractivity contribution < 1.29 is 29.3 Å². The third kappa shape index (κ3) is 20.7. The maximum Gasteiger partial charge on any atom is 0.324 e. The second-order valence-electron chi connectivity index (χ2n) is 13.8. The van der Waals surface area contributed by atoms with Gasteiger partial charge in [0.25, 0.3) is 0 Å². The fourth-order valence-corrected chi connectivity index (χ4v) is 5.60. The zero-order chi connectivity index (χ0) is 32.0. The van der Waals surface area contributed by atoms with Gasteiger partial charge in [0.15, 0.2) is 0 Å². The lowest BCUT2D eigenvalue weighted by Gasteiger charge is -2.33. The van der Waals surface area contributed by atoms with Gasteiger partial charge >= 0.3 is 14.6 Å². The van der Waals surface area contributed by atoms with Crippen LogP contribution in [-0.4, -0.2) is 32.4 Å². The highest BCUT2D eigenvalue weighted by molar-refractivity contribution is 7.38. The van der Waals surface area contributed by atoms with E-state index in [4.69, 9.17) is 19.4 Å². The molecule has 0 unspecified atom stereocenters. The molecule has 1 aromatic rings. The van der Waals surface area contributed by atoms with E-state index in [1.165, 1.54) is 89.9 Å². The Morgan fingerprint density at radius 2 is 1.05 bits per heavy atom. The van der Waals surface area contributed by atoms with Crippen molar-refractivity contribution in [3.63, 3.8) is 0 Å². The molecule has 1 rings (SSSR count). The monoisotopic (exact) mass is 612 g/mol. The molecule has 1 aromatic carbocycles. The number of carbonyl (C=O) groups is 1. The fourth-order valence-electron chi connectivity index (χ4n) is 5.60. The molecule has 7 heteroatoms. The van der Waals surface area contributed by atoms with Crippen molar-refractivity contribution in [3.8, 4) is 5.75 Å². The normalized spacial score (nSPS) is 11.9. The molecule has 0 saturated carbocycles. The van der Waals surface area contributed by atoms with Crippen molar-refractivity contribution in [3.05, 3.63) is 28.8 Å². The average Bonchev–Trinajstić information content (AvgIpc) is 2.88. The summed E-state index contributed by atoms with van der Waals surface area (Å²) in [5.41, 5.74) is 3.00. The molecule has 6 nitrogen and oxygen atoms in total. The van der Waals surface area contributed by atoms with Crippen LogP contribution in [0.4, 0.5) is 0 Å². The number of ether oxygens (including phenoxy) is 1. The van der Waals surface area contributed by atoms with Crippen molar-refractivity contribution in [2.45, 2.75) is 175 Å². The topological polar surface area (TPSA) is 107 Å². The highest BCUT2D eigenvalue weighted by Gasteiger charge is 2.30. The van der Waals surface area contributed by atoms with Crippen molar-refractivity contribution in [1.29, 1.82) is 0 Å². The molecule has 246 valence electrons. The van der Waals surface area contributed by atoms with Crippen LogP contribution < -0.4 is 0 Å². The van der Waals surface area contributed by atoms with Gasteiger partial charge in [-0.25, -0.2) is 0 Å². The Morgan fingerprint density at radius 3 is 1.43 bits per heavy atom. The second kappa shape index (κ2) is 23.2. The quantitative estimate of drug-likeness (QED) is 0.0663. The molecule has 0 fully saturated rings. The molecule has 0 aliphatic carbocycles. The minimum atomic E-state index is -2.62. The lowest BCUT2D eigenvalue weighted by molar-refractivity contribution is -0.143. The van der Waals surface area contributed by atoms with E-state index < -0.39 is 8.60 Å². The number of aryl methyl sites for hydroxylation is 1. The molecule has 42 heavy (non-hydrogen) atoms. The summed E-state index contributed by atoms with van der Waals surface area (Å²) < 4.78 is 5.54. The van der Waals surface area contributed by atoms with Crippen LogP contribution in [0.2, 0.25) is 0 Å². The largest absolute Gasteiger partial charge is 0.508 e. The summed E-state index contributed by atoms with van der Waals surface area (Å²) in [6.07, 6.45) is 22.5. The van der Waals surface area contributed by atoms with Gasteiger partial charge in [0, 0.05) is 12.0 Å². The van der Waals surface area contributed by atoms with Crippen LogP contribution in [0.3, 0.4) is 0 Å². The van der Waals surface area contributed by atoms with Gasteiger partial charge in [0.2, 0.25) is 0 Å². The molecule has 0 aromatic heterocycles. The Kier molecular flexibility index (Phi) is 22.6. The van der Waals surface area contributed by atoms with Crippen LogP contribution in [0.5, 0.6) is 5.75 Å². The number of carbonyl (C=O) groups excluding carboxylic acids is 1. The Balaban J connectivity index is 0.00000393. The van der Waals surface area contributed by atoms with E-state index in [1.54, 1.807) is 6.07 Å². The van der Waals surface area contributed by atoms with Gasteiger partial charge in [-0.05, 0) is 40.9 Å². The average molecular weight is 613 g/mol. The number of aromatic hydroxyl groups is 1. The first-order valence-corrected chi connectivity index (χ1v) is 17.8. The van der Waals surface area contributed by atoms with Crippen molar-refractivity contribution in [1.82, 2.24) is 0 Å². The highest BCUT2D eigenvalue weighted by atomic mass is 31.2. The molecule has 0 heterocycles. The summed E-state index contributed by atoms with van der Waals surface area (Å²) in [7, 11) is -2.62. The van der Waals surface area contributed by atoms with Crippen molar-refractivity contribution in [2.75, 3.05) is 6.61 Å². The van der Waals surface area contributed by atoms with Crippen LogP contribution in [0, 0.1) is 0 Å². The van der Waals surface area contributed by atoms with Crippen molar-refractivity contribution >= 4 is 14.6 Å². The third-order valence-corrected chi connectivity index (χ3v) is 7.63. The summed E-state index contributed by atoms with van der Waals surface area (Å²) >= 11 is 0. The fraction of sp³-hybridized carbons (Fsp3) is 0.800. The summed E-state index contributed by atoms with van der Waals surface area (Å²) in [5, 5.41) is 10.6. The molecule has 0 saturated heterocycles. The maximum absolute atomic E-state index is 12.4. The lowest BCUT2D eigenvalue weighted by Crippen LogP contribution is -2.24. The van der Waals surface area contributed by atoms with E-state index in [9.17, 15) is 9.90 Å². The van der Waals surface area contributed by atoms with Crippen LogP contribution >= 0.6 is 8.60 Å². The number of benzene rings is 1. The van der Waals surface area contributed by atoms with Gasteiger partial charge in [0.05, 0.1) is 6.61 Å². The summed E-state index contributed by atoms with van der Waals surface area (Å²) in [6.45, 7) is 15.7. The van der Waals surface area contributed by atoms with Gasteiger partial charge in [-0.15, -0.1) is 0 Å². The van der Waals surface area contributed by atoms with Crippen molar-refractivity contribution in [2.24, 2.45) is 0 Å². The Morgan fingerprint density at radius 1 is 0.667 bits per heavy atom. The van der Waals surface area contributed by atoms with E-state index >= 15 is 0 Å². The number of unbranched alkanes of at least 4 members (excludes halogenated alkanes) is 15. The van der Waals surface area contributed by atoms with E-state index in [2.05, 4.69) is 48.5 Å². The first-order chi connectivity index (χ1) is 19.7. The highest BCUT2D eigenvalue weighted by Crippen LogP contribution is 2.41. The van der Waals surface area contributed by atoms with Gasteiger partial charge < -0.3 is 24.5 Å². The van der Waals surface area contributed by atoms with Gasteiger partial charge in [-0.1, -0.05) is 151 Å². The number of phenols is 1. The number of phenolic OH excluding ortho intramolecular Hbond substituents is 1. The minimum Gasteiger partial charge on any atom is -0.508 e. The number of hydrogen-bond donors (Lipinski definition) is 4. The number of esters is 1. The Bertz CT molecular complexity index is 823. The summed E-state index contributed by atoms with van der Waals surface area (Å²) in [4.78, 5) is 34.1. The predicted molar refractivity (Wildman–Crippen MR) is 178 cm³/mol. The molecular formula is C35H65O6P. The van der Waals surface area contributed by atoms with Gasteiger partial charge in [0.1, 0.15) is 5.75 Å². The van der Waals surface area contributed by atoms with E-state index in [-0.39, 0.29) is 16.8 Å². The standard InChI is InChI=1S/C35H62O3.H3O3P/c1-8-9-10-11-12-13-14-15-16-17-18-19-20-21-22-23-28-38-31(37)27-25-29-24-26-30(36)33(35(5,6)7)32(29)34(2,3)4;1-4(2)3/h24,26,36H,8-23,25,27-28H2,1-7H3;1-3H. The molecule has 0 atom stereocenters. The second-order valence-corrected chi connectivity index (χ2v) is 14.3. The molecule has 0 amide bonds. The zero-order valence-corrected chi connectivity index (χ0v) is 29.0. The zero-order valence-electron chi connectivity index (χ0n) is 28.1. The smallest absolute Gasteiger partial charge is 0.324 e. The van der Waals surface area contributed by atoms with Gasteiger partial charge in [-0.3, -0.25) is 4.79 Å². The van der Waals surface area contributed by atoms with Crippen LogP contribution in [0.1, 0.15) is 174 Å². The third-order valence-electron chi connectivity index (χ3n) is 7.63. The van der Waals surface area contributed by atoms with Crippen LogP contribution in [-0.2, 0) is 26.8 Å². The summed E-state index contributed by atoms with van der Waals surface area (Å²) in [5.74, 6) is 0.230. The predicted octanol–water partition coefficient (Wildman–Crippen LogP) is 9.91. The SMILES string of the molecule is CCCCCCCCCCCCCCCCCCOC(=O)CCc1ccc(O)c(C(C)(C)C)c1C(C)(C)C.OP(O)O. The van der Waals surface area contributed by atoms with Crippen LogP contribution in [0.25, 0.3) is 0 Å². The minimum absolute atomic E-state index is 0.115.